The van der Waals surface area contributed by atoms with Gasteiger partial charge in [-0.2, -0.15) is 0 Å². The van der Waals surface area contributed by atoms with Crippen LogP contribution in [0.4, 0.5) is 11.5 Å². The highest BCUT2D eigenvalue weighted by Gasteiger charge is 2.12. The second kappa shape index (κ2) is 4.82. The number of nitrogens with one attached hydrogen (secondary N) is 2. The van der Waals surface area contributed by atoms with Crippen molar-refractivity contribution >= 4 is 11.5 Å². The SMILES string of the molecule is CCC(C)C(C)Nc1nc[nH]c(=O)c1N. The Hall–Kier alpha value is -1.52. The van der Waals surface area contributed by atoms with Crippen molar-refractivity contribution in [3.63, 3.8) is 0 Å². The van der Waals surface area contributed by atoms with Gasteiger partial charge < -0.3 is 16.0 Å². The van der Waals surface area contributed by atoms with Crippen molar-refractivity contribution in [1.82, 2.24) is 9.97 Å². The van der Waals surface area contributed by atoms with Gasteiger partial charge in [0.2, 0.25) is 0 Å². The Balaban J connectivity index is 2.81. The standard InChI is InChI=1S/C10H18N4O/c1-4-6(2)7(3)14-9-8(11)10(15)13-5-12-9/h5-7H,4,11H2,1-3H3,(H2,12,13,14,15). The van der Waals surface area contributed by atoms with E-state index in [0.717, 1.165) is 6.42 Å². The zero-order chi connectivity index (χ0) is 11.4. The Morgan fingerprint density at radius 3 is 2.87 bits per heavy atom. The summed E-state index contributed by atoms with van der Waals surface area (Å²) in [5, 5.41) is 3.15. The molecule has 1 rings (SSSR count). The number of hydrogen-bond acceptors (Lipinski definition) is 4. The van der Waals surface area contributed by atoms with Crippen LogP contribution in [0.3, 0.4) is 0 Å². The van der Waals surface area contributed by atoms with Crippen LogP contribution in [0.25, 0.3) is 0 Å². The Bertz CT molecular complexity index is 374. The molecule has 0 bridgehead atoms. The molecule has 5 heteroatoms. The normalized spacial score (nSPS) is 14.6. The third-order valence-corrected chi connectivity index (χ3v) is 2.75. The number of nitrogens with zero attached hydrogens (tertiary/aromatic N) is 1. The summed E-state index contributed by atoms with van der Waals surface area (Å²) in [5.74, 6) is 0.969. The summed E-state index contributed by atoms with van der Waals surface area (Å²) >= 11 is 0. The molecule has 0 saturated heterocycles. The molecule has 2 atom stereocenters. The number of hydrogen-bond donors (Lipinski definition) is 3. The van der Waals surface area contributed by atoms with Crippen LogP contribution in [0.5, 0.6) is 0 Å². The Morgan fingerprint density at radius 2 is 2.27 bits per heavy atom. The van der Waals surface area contributed by atoms with Crippen LogP contribution in [0.1, 0.15) is 27.2 Å². The van der Waals surface area contributed by atoms with Gasteiger partial charge in [0.15, 0.2) is 5.82 Å². The van der Waals surface area contributed by atoms with Crippen molar-refractivity contribution in [2.75, 3.05) is 11.1 Å². The quantitative estimate of drug-likeness (QED) is 0.697. The van der Waals surface area contributed by atoms with Gasteiger partial charge in [0.05, 0.1) is 6.33 Å². The molecule has 4 N–H and O–H groups in total. The zero-order valence-corrected chi connectivity index (χ0v) is 9.37. The first-order chi connectivity index (χ1) is 7.06. The highest BCUT2D eigenvalue weighted by Crippen LogP contribution is 2.15. The van der Waals surface area contributed by atoms with Crippen LogP contribution in [-0.2, 0) is 0 Å². The fourth-order valence-electron chi connectivity index (χ4n) is 1.24. The third-order valence-electron chi connectivity index (χ3n) is 2.75. The van der Waals surface area contributed by atoms with Crippen LogP contribution in [-0.4, -0.2) is 16.0 Å². The second-order valence-electron chi connectivity index (χ2n) is 3.81. The van der Waals surface area contributed by atoms with E-state index in [2.05, 4.69) is 36.1 Å². The van der Waals surface area contributed by atoms with E-state index in [1.807, 2.05) is 0 Å². The van der Waals surface area contributed by atoms with Gasteiger partial charge in [-0.15, -0.1) is 0 Å². The number of nitrogens with two attached hydrogens (primary N) is 1. The molecule has 1 aromatic rings. The molecule has 0 fully saturated rings. The number of anilines is 2. The largest absolute Gasteiger partial charge is 0.391 e. The topological polar surface area (TPSA) is 83.8 Å². The maximum Gasteiger partial charge on any atom is 0.276 e. The van der Waals surface area contributed by atoms with Crippen LogP contribution in [0.2, 0.25) is 0 Å². The molecular formula is C10H18N4O. The van der Waals surface area contributed by atoms with Gasteiger partial charge in [-0.25, -0.2) is 4.98 Å². The number of H-pyrrole nitrogens is 1. The van der Waals surface area contributed by atoms with E-state index in [0.29, 0.717) is 11.7 Å². The van der Waals surface area contributed by atoms with E-state index in [1.165, 1.54) is 6.33 Å². The molecule has 5 nitrogen and oxygen atoms in total. The lowest BCUT2D eigenvalue weighted by atomic mass is 10.0. The molecule has 0 saturated carbocycles. The molecule has 84 valence electrons. The predicted molar refractivity (Wildman–Crippen MR) is 61.8 cm³/mol. The summed E-state index contributed by atoms with van der Waals surface area (Å²) in [5.41, 5.74) is 5.45. The second-order valence-corrected chi connectivity index (χ2v) is 3.81. The summed E-state index contributed by atoms with van der Waals surface area (Å²) < 4.78 is 0. The molecule has 0 aliphatic heterocycles. The number of rotatable bonds is 4. The maximum atomic E-state index is 11.2. The summed E-state index contributed by atoms with van der Waals surface area (Å²) in [7, 11) is 0. The van der Waals surface area contributed by atoms with Gasteiger partial charge in [-0.05, 0) is 12.8 Å². The van der Waals surface area contributed by atoms with Crippen LogP contribution in [0.15, 0.2) is 11.1 Å². The first kappa shape index (κ1) is 11.6. The van der Waals surface area contributed by atoms with Crippen molar-refractivity contribution in [1.29, 1.82) is 0 Å². The van der Waals surface area contributed by atoms with E-state index < -0.39 is 0 Å². The molecule has 1 heterocycles. The lowest BCUT2D eigenvalue weighted by molar-refractivity contribution is 0.493. The average Bonchev–Trinajstić information content (AvgIpc) is 2.23. The van der Waals surface area contributed by atoms with Gasteiger partial charge >= 0.3 is 0 Å². The molecule has 0 amide bonds. The first-order valence-corrected chi connectivity index (χ1v) is 5.16. The average molecular weight is 210 g/mol. The van der Waals surface area contributed by atoms with Crippen molar-refractivity contribution in [2.24, 2.45) is 5.92 Å². The minimum atomic E-state index is -0.302. The maximum absolute atomic E-state index is 11.2. The first-order valence-electron chi connectivity index (χ1n) is 5.16. The van der Waals surface area contributed by atoms with E-state index in [-0.39, 0.29) is 17.3 Å². The summed E-state index contributed by atoms with van der Waals surface area (Å²) in [6.07, 6.45) is 2.42. The number of aromatic amines is 1. The van der Waals surface area contributed by atoms with Gasteiger partial charge in [0.25, 0.3) is 5.56 Å². The lowest BCUT2D eigenvalue weighted by Crippen LogP contribution is -2.26. The minimum Gasteiger partial charge on any atom is -0.391 e. The molecule has 15 heavy (non-hydrogen) atoms. The van der Waals surface area contributed by atoms with Crippen molar-refractivity contribution in [3.8, 4) is 0 Å². The van der Waals surface area contributed by atoms with E-state index in [1.54, 1.807) is 0 Å². The van der Waals surface area contributed by atoms with Crippen LogP contribution in [0, 0.1) is 5.92 Å². The zero-order valence-electron chi connectivity index (χ0n) is 9.37. The third kappa shape index (κ3) is 2.71. The highest BCUT2D eigenvalue weighted by molar-refractivity contribution is 5.59. The Morgan fingerprint density at radius 1 is 1.60 bits per heavy atom. The van der Waals surface area contributed by atoms with Gasteiger partial charge in [0.1, 0.15) is 5.69 Å². The van der Waals surface area contributed by atoms with E-state index in [9.17, 15) is 4.79 Å². The van der Waals surface area contributed by atoms with Gasteiger partial charge in [-0.1, -0.05) is 20.3 Å². The van der Waals surface area contributed by atoms with E-state index >= 15 is 0 Å². The summed E-state index contributed by atoms with van der Waals surface area (Å²) in [6.45, 7) is 6.31. The summed E-state index contributed by atoms with van der Waals surface area (Å²) in [6, 6.07) is 0.242. The fraction of sp³-hybridized carbons (Fsp3) is 0.600. The molecular weight excluding hydrogens is 192 g/mol. The summed E-state index contributed by atoms with van der Waals surface area (Å²) in [4.78, 5) is 17.6. The molecule has 0 aliphatic carbocycles. The van der Waals surface area contributed by atoms with Crippen LogP contribution < -0.4 is 16.6 Å². The van der Waals surface area contributed by atoms with Crippen molar-refractivity contribution in [2.45, 2.75) is 33.2 Å². The smallest absolute Gasteiger partial charge is 0.276 e. The number of nitrogen functional groups attached to an aromatic ring is 1. The Kier molecular flexibility index (Phi) is 3.71. The minimum absolute atomic E-state index is 0.146. The molecule has 0 aliphatic rings. The molecule has 1 aromatic heterocycles. The van der Waals surface area contributed by atoms with Crippen molar-refractivity contribution < 1.29 is 0 Å². The number of aromatic nitrogens is 2. The molecule has 0 spiro atoms. The highest BCUT2D eigenvalue weighted by atomic mass is 16.1. The van der Waals surface area contributed by atoms with Gasteiger partial charge in [0, 0.05) is 6.04 Å². The van der Waals surface area contributed by atoms with Crippen LogP contribution >= 0.6 is 0 Å². The monoisotopic (exact) mass is 210 g/mol. The molecule has 0 aromatic carbocycles. The molecule has 0 radical (unpaired) electrons. The Labute approximate surface area is 89.1 Å². The fourth-order valence-corrected chi connectivity index (χ4v) is 1.24. The lowest BCUT2D eigenvalue weighted by Gasteiger charge is -2.20. The van der Waals surface area contributed by atoms with Crippen molar-refractivity contribution in [3.05, 3.63) is 16.7 Å². The van der Waals surface area contributed by atoms with Gasteiger partial charge in [-0.3, -0.25) is 4.79 Å². The predicted octanol–water partition coefficient (Wildman–Crippen LogP) is 1.20. The van der Waals surface area contributed by atoms with E-state index in [4.69, 9.17) is 5.73 Å². The molecule has 2 unspecified atom stereocenters.